The Morgan fingerprint density at radius 1 is 1.27 bits per heavy atom. The van der Waals surface area contributed by atoms with E-state index in [1.165, 1.54) is 31.3 Å². The fourth-order valence-electron chi connectivity index (χ4n) is 5.40. The lowest BCUT2D eigenvalue weighted by Crippen LogP contribution is -2.48. The van der Waals surface area contributed by atoms with E-state index >= 15 is 0 Å². The molecule has 2 heteroatoms. The van der Waals surface area contributed by atoms with Crippen molar-refractivity contribution in [2.75, 3.05) is 13.2 Å². The van der Waals surface area contributed by atoms with Crippen LogP contribution >= 0.6 is 0 Å². The van der Waals surface area contributed by atoms with Crippen molar-refractivity contribution in [3.63, 3.8) is 0 Å². The second-order valence-electron chi connectivity index (χ2n) is 8.38. The zero-order chi connectivity index (χ0) is 16.4. The van der Waals surface area contributed by atoms with Gasteiger partial charge in [0, 0.05) is 0 Å². The van der Waals surface area contributed by atoms with Crippen molar-refractivity contribution < 1.29 is 10.2 Å². The Morgan fingerprint density at radius 3 is 2.64 bits per heavy atom. The minimum absolute atomic E-state index is 0.0301. The van der Waals surface area contributed by atoms with Gasteiger partial charge in [-0.25, -0.2) is 0 Å². The van der Waals surface area contributed by atoms with Gasteiger partial charge in [-0.05, 0) is 67.3 Å². The molecule has 2 nitrogen and oxygen atoms in total. The summed E-state index contributed by atoms with van der Waals surface area (Å²) in [4.78, 5) is 0. The lowest BCUT2D eigenvalue weighted by Gasteiger charge is -2.57. The van der Waals surface area contributed by atoms with Gasteiger partial charge in [0.1, 0.15) is 0 Å². The van der Waals surface area contributed by atoms with Crippen LogP contribution < -0.4 is 0 Å². The summed E-state index contributed by atoms with van der Waals surface area (Å²) in [7, 11) is 0. The summed E-state index contributed by atoms with van der Waals surface area (Å²) in [5, 5.41) is 18.5. The van der Waals surface area contributed by atoms with E-state index in [1.807, 2.05) is 0 Å². The van der Waals surface area contributed by atoms with Crippen LogP contribution in [0.2, 0.25) is 0 Å². The molecule has 0 unspecified atom stereocenters. The standard InChI is InChI=1S/C20H34O2/c1-15-6-9-18-19(2,3)11-5-12-20(18,4)17(15)8-7-16(14-22)10-13-21/h6,10,17-18,21-22H,5,7-9,11-14H2,1-4H3/b16-10-/t17-,18-,20+/m1/s1. The average molecular weight is 306 g/mol. The number of hydrogen-bond donors (Lipinski definition) is 2. The number of aliphatic hydroxyl groups excluding tert-OH is 2. The zero-order valence-electron chi connectivity index (χ0n) is 14.9. The molecule has 3 atom stereocenters. The third-order valence-electron chi connectivity index (χ3n) is 6.63. The Balaban J connectivity index is 2.20. The Hall–Kier alpha value is -0.600. The maximum Gasteiger partial charge on any atom is 0.0642 e. The largest absolute Gasteiger partial charge is 0.392 e. The lowest BCUT2D eigenvalue weighted by atomic mass is 9.48. The highest BCUT2D eigenvalue weighted by atomic mass is 16.3. The van der Waals surface area contributed by atoms with E-state index in [0.29, 0.717) is 16.7 Å². The van der Waals surface area contributed by atoms with Crippen LogP contribution in [0.25, 0.3) is 0 Å². The molecule has 1 saturated carbocycles. The minimum atomic E-state index is 0.0301. The van der Waals surface area contributed by atoms with Crippen molar-refractivity contribution in [1.82, 2.24) is 0 Å². The Labute approximate surface area is 136 Å². The van der Waals surface area contributed by atoms with Crippen LogP contribution in [-0.2, 0) is 0 Å². The van der Waals surface area contributed by atoms with E-state index in [9.17, 15) is 5.11 Å². The van der Waals surface area contributed by atoms with Gasteiger partial charge in [-0.3, -0.25) is 0 Å². The topological polar surface area (TPSA) is 40.5 Å². The summed E-state index contributed by atoms with van der Waals surface area (Å²) in [6.45, 7) is 9.80. The van der Waals surface area contributed by atoms with E-state index in [0.717, 1.165) is 24.3 Å². The van der Waals surface area contributed by atoms with Gasteiger partial charge >= 0.3 is 0 Å². The maximum atomic E-state index is 9.44. The molecule has 0 aromatic rings. The van der Waals surface area contributed by atoms with Crippen LogP contribution in [0.4, 0.5) is 0 Å². The molecule has 126 valence electrons. The highest BCUT2D eigenvalue weighted by molar-refractivity contribution is 5.19. The Kier molecular flexibility index (Phi) is 5.55. The molecular formula is C20H34O2. The highest BCUT2D eigenvalue weighted by Gasteiger charge is 2.51. The first-order valence-electron chi connectivity index (χ1n) is 8.91. The summed E-state index contributed by atoms with van der Waals surface area (Å²) in [5.74, 6) is 1.38. The molecule has 0 amide bonds. The number of hydrogen-bond acceptors (Lipinski definition) is 2. The summed E-state index contributed by atoms with van der Waals surface area (Å²) in [6.07, 6.45) is 11.5. The maximum absolute atomic E-state index is 9.44. The average Bonchev–Trinajstić information content (AvgIpc) is 2.44. The Bertz CT molecular complexity index is 447. The van der Waals surface area contributed by atoms with Crippen LogP contribution in [0.3, 0.4) is 0 Å². The third kappa shape index (κ3) is 3.33. The first-order valence-corrected chi connectivity index (χ1v) is 8.91. The van der Waals surface area contributed by atoms with Crippen molar-refractivity contribution in [2.45, 2.75) is 66.2 Å². The molecule has 2 aliphatic carbocycles. The monoisotopic (exact) mass is 306 g/mol. The van der Waals surface area contributed by atoms with E-state index in [1.54, 1.807) is 6.08 Å². The van der Waals surface area contributed by atoms with Gasteiger partial charge in [0.2, 0.25) is 0 Å². The van der Waals surface area contributed by atoms with E-state index in [2.05, 4.69) is 33.8 Å². The minimum Gasteiger partial charge on any atom is -0.392 e. The van der Waals surface area contributed by atoms with Crippen LogP contribution in [0.15, 0.2) is 23.3 Å². The number of rotatable bonds is 5. The van der Waals surface area contributed by atoms with E-state index < -0.39 is 0 Å². The van der Waals surface area contributed by atoms with Crippen LogP contribution in [0, 0.1) is 22.7 Å². The summed E-state index contributed by atoms with van der Waals surface area (Å²) in [6, 6.07) is 0. The number of allylic oxidation sites excluding steroid dienone is 2. The predicted octanol–water partition coefficient (Wildman–Crippen LogP) is 4.48. The summed E-state index contributed by atoms with van der Waals surface area (Å²) >= 11 is 0. The fraction of sp³-hybridized carbons (Fsp3) is 0.800. The van der Waals surface area contributed by atoms with Crippen LogP contribution in [0.5, 0.6) is 0 Å². The van der Waals surface area contributed by atoms with Crippen molar-refractivity contribution in [3.8, 4) is 0 Å². The molecule has 0 aliphatic heterocycles. The first kappa shape index (κ1) is 17.7. The second-order valence-corrected chi connectivity index (χ2v) is 8.38. The van der Waals surface area contributed by atoms with Gasteiger partial charge in [-0.2, -0.15) is 0 Å². The number of fused-ring (bicyclic) bond motifs is 1. The summed E-state index contributed by atoms with van der Waals surface area (Å²) in [5.41, 5.74) is 3.35. The molecule has 2 N–H and O–H groups in total. The second kappa shape index (κ2) is 6.88. The van der Waals surface area contributed by atoms with Gasteiger partial charge in [-0.1, -0.05) is 44.9 Å². The first-order chi connectivity index (χ1) is 10.3. The molecule has 0 heterocycles. The van der Waals surface area contributed by atoms with E-state index in [-0.39, 0.29) is 13.2 Å². The van der Waals surface area contributed by atoms with Gasteiger partial charge in [0.25, 0.3) is 0 Å². The third-order valence-corrected chi connectivity index (χ3v) is 6.63. The molecule has 2 aliphatic rings. The predicted molar refractivity (Wildman–Crippen MR) is 92.6 cm³/mol. The zero-order valence-corrected chi connectivity index (χ0v) is 14.9. The molecule has 1 fully saturated rings. The molecule has 0 saturated heterocycles. The van der Waals surface area contributed by atoms with Gasteiger partial charge in [0.05, 0.1) is 13.2 Å². The molecular weight excluding hydrogens is 272 g/mol. The van der Waals surface area contributed by atoms with E-state index in [4.69, 9.17) is 5.11 Å². The fourth-order valence-corrected chi connectivity index (χ4v) is 5.40. The molecule has 0 radical (unpaired) electrons. The molecule has 0 spiro atoms. The van der Waals surface area contributed by atoms with Crippen molar-refractivity contribution in [1.29, 1.82) is 0 Å². The van der Waals surface area contributed by atoms with Gasteiger partial charge in [-0.15, -0.1) is 0 Å². The van der Waals surface area contributed by atoms with Crippen molar-refractivity contribution in [2.24, 2.45) is 22.7 Å². The quantitative estimate of drug-likeness (QED) is 0.735. The van der Waals surface area contributed by atoms with Gasteiger partial charge < -0.3 is 10.2 Å². The molecule has 2 rings (SSSR count). The van der Waals surface area contributed by atoms with Gasteiger partial charge in [0.15, 0.2) is 0 Å². The molecule has 0 bridgehead atoms. The molecule has 22 heavy (non-hydrogen) atoms. The lowest BCUT2D eigenvalue weighted by molar-refractivity contribution is -0.0391. The normalized spacial score (nSPS) is 35.0. The Morgan fingerprint density at radius 2 is 2.00 bits per heavy atom. The molecule has 0 aromatic heterocycles. The molecule has 0 aromatic carbocycles. The van der Waals surface area contributed by atoms with Crippen molar-refractivity contribution in [3.05, 3.63) is 23.3 Å². The SMILES string of the molecule is CC1=CC[C@@H]2C(C)(C)CCC[C@@]2(C)[C@@H]1CC/C(=C/CO)CO. The smallest absolute Gasteiger partial charge is 0.0642 e. The van der Waals surface area contributed by atoms with Crippen molar-refractivity contribution >= 4 is 0 Å². The van der Waals surface area contributed by atoms with Crippen LogP contribution in [0.1, 0.15) is 66.2 Å². The highest BCUT2D eigenvalue weighted by Crippen LogP contribution is 2.60. The summed E-state index contributed by atoms with van der Waals surface area (Å²) < 4.78 is 0. The number of aliphatic hydroxyl groups is 2. The van der Waals surface area contributed by atoms with Crippen LogP contribution in [-0.4, -0.2) is 23.4 Å².